The third-order valence-electron chi connectivity index (χ3n) is 6.99. The lowest BCUT2D eigenvalue weighted by Crippen LogP contribution is -2.32. The normalized spacial score (nSPS) is 18.9. The second kappa shape index (κ2) is 12.3. The molecule has 2 unspecified atom stereocenters. The van der Waals surface area contributed by atoms with E-state index >= 15 is 0 Å². The first-order valence-electron chi connectivity index (χ1n) is 12.8. The van der Waals surface area contributed by atoms with E-state index in [1.54, 1.807) is 12.1 Å². The molecule has 36 heavy (non-hydrogen) atoms. The number of nitrogens with two attached hydrogens (primary N) is 1. The van der Waals surface area contributed by atoms with Gasteiger partial charge in [0.25, 0.3) is 5.91 Å². The van der Waals surface area contributed by atoms with Gasteiger partial charge in [-0.1, -0.05) is 33.3 Å². The molecule has 1 aromatic heterocycles. The van der Waals surface area contributed by atoms with Gasteiger partial charge in [-0.2, -0.15) is 15.0 Å². The molecule has 0 radical (unpaired) electrons. The second-order valence-corrected chi connectivity index (χ2v) is 10.8. The summed E-state index contributed by atoms with van der Waals surface area (Å²) < 4.78 is 0. The molecule has 0 aliphatic heterocycles. The van der Waals surface area contributed by atoms with Crippen molar-refractivity contribution in [2.45, 2.75) is 66.3 Å². The SMILES string of the molecule is CONC(=O)c1ccc(C)c(Nc2nc(NCC3CCCC(CN)C3)nc(N[C@H](C)C(C)(C)C)n2)c1. The first-order valence-corrected chi connectivity index (χ1v) is 12.8. The highest BCUT2D eigenvalue weighted by molar-refractivity contribution is 5.94. The fourth-order valence-corrected chi connectivity index (χ4v) is 4.19. The Morgan fingerprint density at radius 1 is 1.14 bits per heavy atom. The minimum atomic E-state index is -0.330. The zero-order valence-corrected chi connectivity index (χ0v) is 22.4. The van der Waals surface area contributed by atoms with Gasteiger partial charge in [0.05, 0.1) is 7.11 Å². The van der Waals surface area contributed by atoms with Gasteiger partial charge in [-0.15, -0.1) is 0 Å². The van der Waals surface area contributed by atoms with Crippen molar-refractivity contribution in [3.05, 3.63) is 29.3 Å². The third-order valence-corrected chi connectivity index (χ3v) is 6.99. The lowest BCUT2D eigenvalue weighted by Gasteiger charge is -2.29. The summed E-state index contributed by atoms with van der Waals surface area (Å²) in [6.45, 7) is 12.1. The van der Waals surface area contributed by atoms with Gasteiger partial charge in [-0.25, -0.2) is 5.48 Å². The molecule has 0 bridgehead atoms. The van der Waals surface area contributed by atoms with Crippen LogP contribution in [0, 0.1) is 24.2 Å². The van der Waals surface area contributed by atoms with Crippen molar-refractivity contribution >= 4 is 29.4 Å². The number of benzene rings is 1. The van der Waals surface area contributed by atoms with Gasteiger partial charge in [-0.3, -0.25) is 9.63 Å². The van der Waals surface area contributed by atoms with Crippen LogP contribution >= 0.6 is 0 Å². The molecular formula is C26H42N8O2. The van der Waals surface area contributed by atoms with E-state index in [4.69, 9.17) is 10.6 Å². The maximum Gasteiger partial charge on any atom is 0.274 e. The quantitative estimate of drug-likeness (QED) is 0.304. The number of nitrogens with one attached hydrogen (secondary N) is 4. The van der Waals surface area contributed by atoms with Gasteiger partial charge < -0.3 is 21.7 Å². The highest BCUT2D eigenvalue weighted by Gasteiger charge is 2.23. The summed E-state index contributed by atoms with van der Waals surface area (Å²) in [5.41, 5.74) is 10.4. The minimum absolute atomic E-state index is 0.0206. The van der Waals surface area contributed by atoms with Crippen molar-refractivity contribution in [3.63, 3.8) is 0 Å². The zero-order chi connectivity index (χ0) is 26.3. The van der Waals surface area contributed by atoms with Crippen LogP contribution in [-0.2, 0) is 4.84 Å². The van der Waals surface area contributed by atoms with Crippen LogP contribution in [0.15, 0.2) is 18.2 Å². The first-order chi connectivity index (χ1) is 17.1. The third kappa shape index (κ3) is 7.76. The van der Waals surface area contributed by atoms with E-state index in [2.05, 4.69) is 64.1 Å². The Labute approximate surface area is 214 Å². The average molecular weight is 499 g/mol. The van der Waals surface area contributed by atoms with Gasteiger partial charge >= 0.3 is 0 Å². The lowest BCUT2D eigenvalue weighted by molar-refractivity contribution is 0.0537. The maximum atomic E-state index is 12.2. The molecule has 6 N–H and O–H groups in total. The summed E-state index contributed by atoms with van der Waals surface area (Å²) in [6.07, 6.45) is 4.73. The van der Waals surface area contributed by atoms with Crippen LogP contribution in [0.1, 0.15) is 69.3 Å². The second-order valence-electron chi connectivity index (χ2n) is 10.8. The number of hydroxylamine groups is 1. The predicted octanol–water partition coefficient (Wildman–Crippen LogP) is 4.24. The van der Waals surface area contributed by atoms with Gasteiger partial charge in [0, 0.05) is 23.8 Å². The largest absolute Gasteiger partial charge is 0.354 e. The van der Waals surface area contributed by atoms with Crippen LogP contribution in [0.3, 0.4) is 0 Å². The monoisotopic (exact) mass is 498 g/mol. The van der Waals surface area contributed by atoms with Crippen molar-refractivity contribution < 1.29 is 9.63 Å². The van der Waals surface area contributed by atoms with Gasteiger partial charge in [0.2, 0.25) is 17.8 Å². The summed E-state index contributed by atoms with van der Waals surface area (Å²) in [6, 6.07) is 5.49. The Morgan fingerprint density at radius 2 is 1.83 bits per heavy atom. The van der Waals surface area contributed by atoms with E-state index in [0.29, 0.717) is 35.2 Å². The van der Waals surface area contributed by atoms with Crippen LogP contribution in [-0.4, -0.2) is 47.1 Å². The van der Waals surface area contributed by atoms with Gasteiger partial charge in [0.1, 0.15) is 0 Å². The number of aromatic nitrogens is 3. The molecule has 1 aromatic carbocycles. The van der Waals surface area contributed by atoms with Crippen LogP contribution in [0.4, 0.5) is 23.5 Å². The fraction of sp³-hybridized carbons (Fsp3) is 0.615. The molecule has 3 atom stereocenters. The fourth-order valence-electron chi connectivity index (χ4n) is 4.19. The summed E-state index contributed by atoms with van der Waals surface area (Å²) >= 11 is 0. The van der Waals surface area contributed by atoms with Gasteiger partial charge in [-0.05, 0) is 74.6 Å². The van der Waals surface area contributed by atoms with Gasteiger partial charge in [0.15, 0.2) is 0 Å². The lowest BCUT2D eigenvalue weighted by atomic mass is 9.81. The number of hydrogen-bond donors (Lipinski definition) is 5. The molecule has 1 fully saturated rings. The van der Waals surface area contributed by atoms with Crippen LogP contribution < -0.4 is 27.2 Å². The Morgan fingerprint density at radius 3 is 2.53 bits per heavy atom. The van der Waals surface area contributed by atoms with E-state index in [1.807, 2.05) is 13.0 Å². The molecule has 1 amide bonds. The molecule has 2 aromatic rings. The van der Waals surface area contributed by atoms with Crippen molar-refractivity contribution in [3.8, 4) is 0 Å². The number of hydrogen-bond acceptors (Lipinski definition) is 9. The number of anilines is 4. The van der Waals surface area contributed by atoms with E-state index in [9.17, 15) is 4.79 Å². The maximum absolute atomic E-state index is 12.2. The zero-order valence-electron chi connectivity index (χ0n) is 22.4. The summed E-state index contributed by atoms with van der Waals surface area (Å²) in [7, 11) is 1.40. The molecule has 10 heteroatoms. The highest BCUT2D eigenvalue weighted by Crippen LogP contribution is 2.29. The number of rotatable bonds is 10. The van der Waals surface area contributed by atoms with E-state index in [-0.39, 0.29) is 17.4 Å². The summed E-state index contributed by atoms with van der Waals surface area (Å²) in [4.78, 5) is 30.9. The number of nitrogens with zero attached hydrogens (tertiary/aromatic N) is 3. The van der Waals surface area contributed by atoms with Crippen LogP contribution in [0.5, 0.6) is 0 Å². The number of carbonyl (C=O) groups is 1. The van der Waals surface area contributed by atoms with Crippen LogP contribution in [0.2, 0.25) is 0 Å². The molecule has 3 rings (SSSR count). The Kier molecular flexibility index (Phi) is 9.44. The van der Waals surface area contributed by atoms with Crippen molar-refractivity contribution in [2.24, 2.45) is 23.0 Å². The number of carbonyl (C=O) groups excluding carboxylic acids is 1. The molecule has 1 aliphatic rings. The number of amides is 1. The van der Waals surface area contributed by atoms with Crippen molar-refractivity contribution in [1.29, 1.82) is 0 Å². The Balaban J connectivity index is 1.84. The number of aryl methyl sites for hydroxylation is 1. The molecule has 198 valence electrons. The molecular weight excluding hydrogens is 456 g/mol. The topological polar surface area (TPSA) is 139 Å². The Hall–Kier alpha value is -2.98. The smallest absolute Gasteiger partial charge is 0.274 e. The van der Waals surface area contributed by atoms with Crippen molar-refractivity contribution in [1.82, 2.24) is 20.4 Å². The summed E-state index contributed by atoms with van der Waals surface area (Å²) in [5, 5.41) is 10.1. The van der Waals surface area contributed by atoms with E-state index in [0.717, 1.165) is 30.8 Å². The highest BCUT2D eigenvalue weighted by atomic mass is 16.6. The molecule has 10 nitrogen and oxygen atoms in total. The molecule has 1 aliphatic carbocycles. The van der Waals surface area contributed by atoms with E-state index in [1.165, 1.54) is 26.4 Å². The Bertz CT molecular complexity index is 1020. The average Bonchev–Trinajstić information content (AvgIpc) is 2.83. The predicted molar refractivity (Wildman–Crippen MR) is 144 cm³/mol. The van der Waals surface area contributed by atoms with E-state index < -0.39 is 0 Å². The first kappa shape index (κ1) is 27.6. The molecule has 1 saturated carbocycles. The van der Waals surface area contributed by atoms with Crippen molar-refractivity contribution in [2.75, 3.05) is 36.1 Å². The van der Waals surface area contributed by atoms with Crippen LogP contribution in [0.25, 0.3) is 0 Å². The molecule has 0 saturated heterocycles. The minimum Gasteiger partial charge on any atom is -0.354 e. The standard InChI is InChI=1S/C26H42N8O2/c1-16-10-11-20(22(35)34-36-6)13-21(16)30-25-32-23(28-15-19-9-7-8-18(12-19)14-27)31-24(33-25)29-17(2)26(3,4)5/h10-11,13,17-19H,7-9,12,14-15,27H2,1-6H3,(H,34,35)(H3,28,29,30,31,32,33)/t17-,18?,19?/m1/s1. The molecule has 1 heterocycles. The molecule has 0 spiro atoms. The summed E-state index contributed by atoms with van der Waals surface area (Å²) in [5.74, 6) is 2.21.